The second-order valence-corrected chi connectivity index (χ2v) is 4.94. The molecule has 0 bridgehead atoms. The Hall–Kier alpha value is -1.13. The van der Waals surface area contributed by atoms with Crippen molar-refractivity contribution >= 4 is 17.3 Å². The molecule has 0 saturated heterocycles. The van der Waals surface area contributed by atoms with Crippen LogP contribution < -0.4 is 10.6 Å². The zero-order valence-corrected chi connectivity index (χ0v) is 11.6. The molecule has 0 spiro atoms. The molecule has 2 N–H and O–H groups in total. The van der Waals surface area contributed by atoms with Crippen LogP contribution in [-0.4, -0.2) is 25.4 Å². The van der Waals surface area contributed by atoms with Gasteiger partial charge in [-0.2, -0.15) is 0 Å². The minimum atomic E-state index is 0.364. The van der Waals surface area contributed by atoms with Gasteiger partial charge >= 0.3 is 0 Å². The first-order valence-corrected chi connectivity index (χ1v) is 6.83. The van der Waals surface area contributed by atoms with E-state index in [0.29, 0.717) is 6.04 Å². The van der Waals surface area contributed by atoms with Crippen molar-refractivity contribution in [3.63, 3.8) is 0 Å². The van der Waals surface area contributed by atoms with Gasteiger partial charge in [0.05, 0.1) is 6.04 Å². The van der Waals surface area contributed by atoms with E-state index in [2.05, 4.69) is 34.9 Å². The number of thiocarbonyl (C=S) groups is 1. The van der Waals surface area contributed by atoms with Gasteiger partial charge in [-0.1, -0.05) is 24.3 Å². The molecule has 1 aromatic rings. The summed E-state index contributed by atoms with van der Waals surface area (Å²) in [6, 6.07) is 8.94. The van der Waals surface area contributed by atoms with Crippen LogP contribution >= 0.6 is 12.2 Å². The third kappa shape index (κ3) is 3.43. The molecule has 1 aliphatic carbocycles. The molecule has 3 nitrogen and oxygen atoms in total. The molecular weight excluding hydrogens is 244 g/mol. The lowest BCUT2D eigenvalue weighted by Gasteiger charge is -2.17. The summed E-state index contributed by atoms with van der Waals surface area (Å²) < 4.78 is 5.00. The third-order valence-electron chi connectivity index (χ3n) is 3.25. The molecule has 4 heteroatoms. The van der Waals surface area contributed by atoms with Crippen LogP contribution in [0.5, 0.6) is 0 Å². The molecule has 1 aliphatic rings. The molecule has 98 valence electrons. The van der Waals surface area contributed by atoms with Crippen LogP contribution in [0, 0.1) is 0 Å². The Balaban J connectivity index is 1.79. The lowest BCUT2D eigenvalue weighted by atomic mass is 10.1. The highest BCUT2D eigenvalue weighted by Crippen LogP contribution is 2.30. The average Bonchev–Trinajstić information content (AvgIpc) is 2.78. The van der Waals surface area contributed by atoms with Gasteiger partial charge in [-0.15, -0.1) is 0 Å². The largest absolute Gasteiger partial charge is 0.385 e. The van der Waals surface area contributed by atoms with Gasteiger partial charge in [0.15, 0.2) is 5.11 Å². The van der Waals surface area contributed by atoms with Crippen molar-refractivity contribution in [2.24, 2.45) is 0 Å². The minimum absolute atomic E-state index is 0.364. The smallest absolute Gasteiger partial charge is 0.166 e. The fourth-order valence-electron chi connectivity index (χ4n) is 2.33. The molecule has 0 heterocycles. The van der Waals surface area contributed by atoms with Gasteiger partial charge in [0.1, 0.15) is 0 Å². The highest BCUT2D eigenvalue weighted by molar-refractivity contribution is 7.80. The number of fused-ring (bicyclic) bond motifs is 1. The summed E-state index contributed by atoms with van der Waals surface area (Å²) >= 11 is 5.31. The Morgan fingerprint density at radius 2 is 2.28 bits per heavy atom. The molecule has 0 amide bonds. The molecule has 1 unspecified atom stereocenters. The van der Waals surface area contributed by atoms with Crippen molar-refractivity contribution in [3.8, 4) is 0 Å². The molecule has 2 rings (SSSR count). The van der Waals surface area contributed by atoms with E-state index in [0.717, 1.165) is 37.5 Å². The minimum Gasteiger partial charge on any atom is -0.385 e. The summed E-state index contributed by atoms with van der Waals surface area (Å²) in [6.45, 7) is 1.62. The summed E-state index contributed by atoms with van der Waals surface area (Å²) in [4.78, 5) is 0. The second kappa shape index (κ2) is 6.71. The highest BCUT2D eigenvalue weighted by atomic mass is 32.1. The molecule has 0 aromatic heterocycles. The number of rotatable bonds is 5. The summed E-state index contributed by atoms with van der Waals surface area (Å²) in [5.41, 5.74) is 2.83. The predicted octanol–water partition coefficient (Wildman–Crippen LogP) is 2.17. The molecule has 1 aromatic carbocycles. The quantitative estimate of drug-likeness (QED) is 0.631. The van der Waals surface area contributed by atoms with E-state index >= 15 is 0 Å². The van der Waals surface area contributed by atoms with Crippen molar-refractivity contribution < 1.29 is 4.74 Å². The zero-order valence-electron chi connectivity index (χ0n) is 10.7. The van der Waals surface area contributed by atoms with E-state index in [-0.39, 0.29) is 0 Å². The van der Waals surface area contributed by atoms with E-state index in [4.69, 9.17) is 17.0 Å². The number of methoxy groups -OCH3 is 1. The van der Waals surface area contributed by atoms with Crippen molar-refractivity contribution in [3.05, 3.63) is 35.4 Å². The van der Waals surface area contributed by atoms with Crippen LogP contribution in [0.15, 0.2) is 24.3 Å². The fourth-order valence-corrected chi connectivity index (χ4v) is 2.58. The monoisotopic (exact) mass is 264 g/mol. The second-order valence-electron chi connectivity index (χ2n) is 4.54. The number of hydrogen-bond acceptors (Lipinski definition) is 2. The zero-order chi connectivity index (χ0) is 12.8. The topological polar surface area (TPSA) is 33.3 Å². The third-order valence-corrected chi connectivity index (χ3v) is 3.51. The Kier molecular flexibility index (Phi) is 4.96. The van der Waals surface area contributed by atoms with Crippen LogP contribution in [-0.2, 0) is 11.2 Å². The summed E-state index contributed by atoms with van der Waals surface area (Å²) in [7, 11) is 1.71. The number of hydrogen-bond donors (Lipinski definition) is 2. The molecule has 0 fully saturated rings. The first kappa shape index (κ1) is 13.3. The van der Waals surface area contributed by atoms with E-state index in [9.17, 15) is 0 Å². The SMILES string of the molecule is COCCCNC(=S)NC1CCc2ccccc21. The van der Waals surface area contributed by atoms with Gasteiger partial charge in [-0.05, 0) is 42.6 Å². The normalized spacial score (nSPS) is 17.3. The lowest BCUT2D eigenvalue weighted by molar-refractivity contribution is 0.195. The Labute approximate surface area is 114 Å². The average molecular weight is 264 g/mol. The first-order chi connectivity index (χ1) is 8.81. The Morgan fingerprint density at radius 1 is 1.44 bits per heavy atom. The molecule has 0 saturated carbocycles. The molecule has 0 radical (unpaired) electrons. The number of nitrogens with one attached hydrogen (secondary N) is 2. The standard InChI is InChI=1S/C14H20N2OS/c1-17-10-4-9-15-14(18)16-13-8-7-11-5-2-3-6-12(11)13/h2-3,5-6,13H,4,7-10H2,1H3,(H2,15,16,18). The van der Waals surface area contributed by atoms with Crippen molar-refractivity contribution in [2.45, 2.75) is 25.3 Å². The van der Waals surface area contributed by atoms with Crippen molar-refractivity contribution in [1.82, 2.24) is 10.6 Å². The van der Waals surface area contributed by atoms with E-state index in [1.807, 2.05) is 0 Å². The molecular formula is C14H20N2OS. The van der Waals surface area contributed by atoms with Gasteiger partial charge in [0.25, 0.3) is 0 Å². The van der Waals surface area contributed by atoms with Crippen molar-refractivity contribution in [2.75, 3.05) is 20.3 Å². The molecule has 1 atom stereocenters. The predicted molar refractivity (Wildman–Crippen MR) is 77.7 cm³/mol. The van der Waals surface area contributed by atoms with Crippen LogP contribution in [0.25, 0.3) is 0 Å². The van der Waals surface area contributed by atoms with E-state index < -0.39 is 0 Å². The van der Waals surface area contributed by atoms with Gasteiger partial charge in [0.2, 0.25) is 0 Å². The van der Waals surface area contributed by atoms with Crippen LogP contribution in [0.1, 0.15) is 30.0 Å². The summed E-state index contributed by atoms with van der Waals surface area (Å²) in [5.74, 6) is 0. The Morgan fingerprint density at radius 3 is 3.11 bits per heavy atom. The molecule has 0 aliphatic heterocycles. The van der Waals surface area contributed by atoms with Gasteiger partial charge in [-0.3, -0.25) is 0 Å². The first-order valence-electron chi connectivity index (χ1n) is 6.42. The number of benzene rings is 1. The van der Waals surface area contributed by atoms with Crippen LogP contribution in [0.2, 0.25) is 0 Å². The Bertz CT molecular complexity index is 409. The van der Waals surface area contributed by atoms with Gasteiger partial charge in [-0.25, -0.2) is 0 Å². The van der Waals surface area contributed by atoms with Gasteiger partial charge < -0.3 is 15.4 Å². The van der Waals surface area contributed by atoms with Gasteiger partial charge in [0, 0.05) is 20.3 Å². The van der Waals surface area contributed by atoms with Crippen LogP contribution in [0.3, 0.4) is 0 Å². The number of ether oxygens (including phenoxy) is 1. The number of aryl methyl sites for hydroxylation is 1. The maximum absolute atomic E-state index is 5.31. The van der Waals surface area contributed by atoms with E-state index in [1.165, 1.54) is 11.1 Å². The maximum Gasteiger partial charge on any atom is 0.166 e. The fraction of sp³-hybridized carbons (Fsp3) is 0.500. The lowest BCUT2D eigenvalue weighted by Crippen LogP contribution is -2.37. The highest BCUT2D eigenvalue weighted by Gasteiger charge is 2.21. The summed E-state index contributed by atoms with van der Waals surface area (Å²) in [5, 5.41) is 7.35. The molecule has 18 heavy (non-hydrogen) atoms. The van der Waals surface area contributed by atoms with Crippen LogP contribution in [0.4, 0.5) is 0 Å². The summed E-state index contributed by atoms with van der Waals surface area (Å²) in [6.07, 6.45) is 3.24. The maximum atomic E-state index is 5.31. The van der Waals surface area contributed by atoms with E-state index in [1.54, 1.807) is 7.11 Å². The van der Waals surface area contributed by atoms with Crippen molar-refractivity contribution in [1.29, 1.82) is 0 Å².